The second-order valence-corrected chi connectivity index (χ2v) is 42.3. The van der Waals surface area contributed by atoms with Crippen LogP contribution in [-0.4, -0.2) is 143 Å². The molecule has 750 valence electrons. The van der Waals surface area contributed by atoms with Crippen molar-refractivity contribution in [1.82, 2.24) is 63.0 Å². The van der Waals surface area contributed by atoms with E-state index in [0.717, 1.165) is 212 Å². The number of aryl methyl sites for hydroxylation is 4. The maximum Gasteiger partial charge on any atom is 0.228 e. The Morgan fingerprint density at radius 1 is 0.380 bits per heavy atom. The molecule has 0 radical (unpaired) electrons. The van der Waals surface area contributed by atoms with Crippen molar-refractivity contribution in [2.45, 2.75) is 262 Å². The Morgan fingerprint density at radius 2 is 0.683 bits per heavy atom. The van der Waals surface area contributed by atoms with Gasteiger partial charge in [-0.3, -0.25) is 33.6 Å². The molecule has 5 aliphatic carbocycles. The molecule has 7 aliphatic rings. The molecule has 2 aliphatic heterocycles. The molecule has 12 aromatic rings. The molecular formula is C112H135F4N17O9. The number of halogens is 4. The molecule has 7 fully saturated rings. The number of likely N-dealkylation sites (tertiary alicyclic amines) is 1. The van der Waals surface area contributed by atoms with E-state index in [2.05, 4.69) is 73.0 Å². The fourth-order valence-corrected chi connectivity index (χ4v) is 22.1. The summed E-state index contributed by atoms with van der Waals surface area (Å²) in [5.41, 5.74) is 14.1. The smallest absolute Gasteiger partial charge is 0.228 e. The van der Waals surface area contributed by atoms with Gasteiger partial charge < -0.3 is 54.0 Å². The van der Waals surface area contributed by atoms with Crippen LogP contribution in [0.5, 0.6) is 0 Å². The summed E-state index contributed by atoms with van der Waals surface area (Å²) in [5.74, 6) is 2.94. The Balaban J connectivity index is 0.000000136. The van der Waals surface area contributed by atoms with Crippen molar-refractivity contribution in [2.24, 2.45) is 65.1 Å². The minimum absolute atomic E-state index is 0.0452. The standard InChI is InChI=1S/C30H37FN4O2.C29H36FN5O2.C27H33FN4O2.C26H29FN4O3/c1-17(2)35-16-33-29-25(31)12-22(13-26(29)35)24-14-28(32-15-19(24)4)34-30(37)21-7-5-6-20(10-21)11-27(36)23-8-18(3)9-23;1-17(2)35-16-32-28-24(30)10-21(11-25(28)35)23-12-27(31-13-18(23)3)33-29(37)20-7-5-6-19(8-20)9-26(36)22-14-34(4)15-22;1-5-21(33)10-18-7-6-8-19(9-18)27(34)31-25-13-22(17(4)14-29-25)20-11-23(28)26-24(12-20)32(15-30-26)16(2)3;1-15-11-28-24(30-26(33)18-5-3-4-17(7-18)6-16(2)32)10-21(15)19-8-22(27)25-23(9-19)31(14-29-25)20-12-34-13-20/h12-18,20-21,23H,5-11H2,1-4H3,(H,32,34,37);10-13,16-17,19-20,22H,5-9,14-15H2,1-4H3,(H,31,33,37);11-16,18-19H,5-10H2,1-4H3,(H,29,31,34);8-11,14,17-18,20H,3-7,12-13H2,1-2H3,(H,28,30,33)/t18?,20-,21+,23?;19-,20+;18-,19+;17-,18-/m1110/s1. The number of nitrogens with zero attached hydrogens (tertiary/aromatic N) is 13. The predicted molar refractivity (Wildman–Crippen MR) is 545 cm³/mol. The van der Waals surface area contributed by atoms with Crippen LogP contribution in [0.25, 0.3) is 88.6 Å². The van der Waals surface area contributed by atoms with E-state index in [1.165, 1.54) is 24.3 Å². The lowest BCUT2D eigenvalue weighted by Crippen LogP contribution is -2.48. The average Bonchev–Trinajstić information content (AvgIpc) is 1.62. The number of imidazole rings is 4. The first-order chi connectivity index (χ1) is 68.0. The first-order valence-electron chi connectivity index (χ1n) is 51.1. The number of carbonyl (C=O) groups excluding carboxylic acids is 8. The Morgan fingerprint density at radius 3 is 0.979 bits per heavy atom. The molecule has 2 saturated heterocycles. The number of pyridine rings is 4. The maximum absolute atomic E-state index is 14.9. The minimum Gasteiger partial charge on any atom is -0.377 e. The second kappa shape index (κ2) is 45.0. The number of nitrogens with one attached hydrogen (secondary N) is 4. The van der Waals surface area contributed by atoms with Crippen LogP contribution in [0.1, 0.15) is 256 Å². The van der Waals surface area contributed by atoms with Crippen LogP contribution >= 0.6 is 0 Å². The summed E-state index contributed by atoms with van der Waals surface area (Å²) in [7, 11) is 2.03. The molecule has 4 N–H and O–H groups in total. The molecule has 0 bridgehead atoms. The van der Waals surface area contributed by atoms with Gasteiger partial charge in [-0.25, -0.2) is 57.4 Å². The van der Waals surface area contributed by atoms with Crippen LogP contribution in [0, 0.1) is 116 Å². The Kier molecular flexibility index (Phi) is 32.5. The van der Waals surface area contributed by atoms with E-state index in [1.54, 1.807) is 63.1 Å². The number of carbonyl (C=O) groups is 8. The molecule has 10 heterocycles. The van der Waals surface area contributed by atoms with Crippen molar-refractivity contribution in [3.63, 3.8) is 0 Å². The monoisotopic (exact) mass is 1940 g/mol. The zero-order chi connectivity index (χ0) is 101. The van der Waals surface area contributed by atoms with E-state index in [0.29, 0.717) is 114 Å². The van der Waals surface area contributed by atoms with Gasteiger partial charge in [0.2, 0.25) is 23.6 Å². The normalized spacial score (nSPS) is 21.0. The van der Waals surface area contributed by atoms with Gasteiger partial charge in [-0.15, -0.1) is 0 Å². The van der Waals surface area contributed by atoms with Gasteiger partial charge in [0, 0.05) is 124 Å². The topological polar surface area (TPSA) is 320 Å². The van der Waals surface area contributed by atoms with Crippen LogP contribution < -0.4 is 21.3 Å². The van der Waals surface area contributed by atoms with Crippen molar-refractivity contribution in [3.05, 3.63) is 168 Å². The number of ether oxygens (including phenoxy) is 1. The molecule has 19 rings (SSSR count). The highest BCUT2D eigenvalue weighted by molar-refractivity contribution is 5.97. The molecule has 8 atom stereocenters. The Labute approximate surface area is 827 Å². The number of benzene rings is 4. The van der Waals surface area contributed by atoms with Crippen LogP contribution in [0.3, 0.4) is 0 Å². The first-order valence-corrected chi connectivity index (χ1v) is 51.1. The summed E-state index contributed by atoms with van der Waals surface area (Å²) >= 11 is 0. The summed E-state index contributed by atoms with van der Waals surface area (Å²) in [4.78, 5) is 138. The van der Waals surface area contributed by atoms with E-state index < -0.39 is 0 Å². The van der Waals surface area contributed by atoms with Gasteiger partial charge in [0.15, 0.2) is 23.3 Å². The van der Waals surface area contributed by atoms with E-state index in [4.69, 9.17) is 4.74 Å². The summed E-state index contributed by atoms with van der Waals surface area (Å²) in [6.45, 7) is 28.5. The fourth-order valence-electron chi connectivity index (χ4n) is 22.1. The lowest BCUT2D eigenvalue weighted by Gasteiger charge is -2.36. The summed E-state index contributed by atoms with van der Waals surface area (Å²) < 4.78 is 72.8. The lowest BCUT2D eigenvalue weighted by atomic mass is 9.70. The maximum atomic E-state index is 14.9. The zero-order valence-corrected chi connectivity index (χ0v) is 84.3. The molecule has 8 aromatic heterocycles. The van der Waals surface area contributed by atoms with Crippen molar-refractivity contribution in [1.29, 1.82) is 0 Å². The lowest BCUT2D eigenvalue weighted by molar-refractivity contribution is -0.129. The average molecular weight is 1940 g/mol. The highest BCUT2D eigenvalue weighted by Crippen LogP contribution is 2.44. The SMILES string of the molecule is CC(=O)C[C@@H]1CCC[C@H](C(=O)Nc2cc(-c3cc(F)c4ncn(C5COC5)c4c3)c(C)cn2)C1.CCC(=O)C[C@@H]1CCC[C@H](C(=O)Nc2cc(-c3cc(F)c4ncn(C(C)C)c4c3)c(C)cn2)C1.Cc1cnc(NC(=O)[C@H]2CCC[C@@H](CC(=O)C3CC(C)C3)C2)cc1-c1cc(F)c2ncn(C(C)C)c2c1.Cc1cnc(NC(=O)[C@H]2CCC[C@@H](CC(=O)C3CN(C)C3)C2)cc1-c1cc(F)c2ncn(C(C)C)c2c1. The van der Waals surface area contributed by atoms with Gasteiger partial charge in [0.05, 0.1) is 66.6 Å². The van der Waals surface area contributed by atoms with Crippen LogP contribution in [0.2, 0.25) is 0 Å². The molecule has 0 unspecified atom stereocenters. The molecule has 26 nitrogen and oxygen atoms in total. The van der Waals surface area contributed by atoms with Gasteiger partial charge in [0.1, 0.15) is 68.5 Å². The fraction of sp³-hybridized carbons (Fsp3) is 0.500. The summed E-state index contributed by atoms with van der Waals surface area (Å²) in [6.07, 6.45) is 32.5. The van der Waals surface area contributed by atoms with Gasteiger partial charge in [0.25, 0.3) is 0 Å². The quantitative estimate of drug-likeness (QED) is 0.0348. The highest BCUT2D eigenvalue weighted by Gasteiger charge is 2.39. The largest absolute Gasteiger partial charge is 0.377 e. The molecule has 5 saturated carbocycles. The third kappa shape index (κ3) is 24.0. The molecule has 142 heavy (non-hydrogen) atoms. The molecule has 4 amide bonds. The molecule has 0 spiro atoms. The van der Waals surface area contributed by atoms with E-state index >= 15 is 0 Å². The number of amides is 4. The van der Waals surface area contributed by atoms with Gasteiger partial charge in [-0.05, 0) is 342 Å². The number of Topliss-reactive ketones (excluding diaryl/α,β-unsaturated/α-hetero) is 4. The van der Waals surface area contributed by atoms with E-state index in [-0.39, 0.29) is 142 Å². The van der Waals surface area contributed by atoms with Crippen molar-refractivity contribution < 1.29 is 60.7 Å². The number of hydrogen-bond acceptors (Lipinski definition) is 18. The van der Waals surface area contributed by atoms with Crippen molar-refractivity contribution in [3.8, 4) is 44.5 Å². The van der Waals surface area contributed by atoms with Gasteiger partial charge >= 0.3 is 0 Å². The summed E-state index contributed by atoms with van der Waals surface area (Å²) in [6, 6.07) is 21.6. The van der Waals surface area contributed by atoms with E-state index in [9.17, 15) is 55.9 Å². The third-order valence-electron chi connectivity index (χ3n) is 30.3. The molecule has 30 heteroatoms. The number of hydrogen-bond donors (Lipinski definition) is 4. The van der Waals surface area contributed by atoms with E-state index in [1.807, 2.05) is 144 Å². The first kappa shape index (κ1) is 102. The number of aromatic nitrogens is 12. The minimum atomic E-state index is -0.382. The number of rotatable bonds is 27. The van der Waals surface area contributed by atoms with Crippen molar-refractivity contribution >= 4 is 114 Å². The second-order valence-electron chi connectivity index (χ2n) is 42.3. The van der Waals surface area contributed by atoms with Gasteiger partial charge in [-0.2, -0.15) is 0 Å². The number of ketones is 4. The predicted octanol–water partition coefficient (Wildman–Crippen LogP) is 23.4. The van der Waals surface area contributed by atoms with Gasteiger partial charge in [-0.1, -0.05) is 39.5 Å². The Bertz CT molecular complexity index is 6500. The zero-order valence-electron chi connectivity index (χ0n) is 84.3. The number of fused-ring (bicyclic) bond motifs is 4. The summed E-state index contributed by atoms with van der Waals surface area (Å²) in [5, 5.41) is 11.9. The number of anilines is 4. The molecule has 4 aromatic carbocycles. The third-order valence-corrected chi connectivity index (χ3v) is 30.3. The van der Waals surface area contributed by atoms with Crippen LogP contribution in [0.4, 0.5) is 40.8 Å². The van der Waals surface area contributed by atoms with Crippen LogP contribution in [-0.2, 0) is 43.1 Å². The Hall–Kier alpha value is -12.4. The highest BCUT2D eigenvalue weighted by atomic mass is 19.1. The molecular weight excluding hydrogens is 1800 g/mol. The van der Waals surface area contributed by atoms with Crippen molar-refractivity contribution in [2.75, 3.05) is 54.6 Å². The van der Waals surface area contributed by atoms with Crippen LogP contribution in [0.15, 0.2) is 123 Å².